The van der Waals surface area contributed by atoms with E-state index in [9.17, 15) is 9.90 Å². The zero-order valence-corrected chi connectivity index (χ0v) is 13.7. The third kappa shape index (κ3) is 4.12. The average molecular weight is 324 g/mol. The van der Waals surface area contributed by atoms with Gasteiger partial charge in [0.1, 0.15) is 17.6 Å². The van der Waals surface area contributed by atoms with Crippen molar-refractivity contribution in [1.29, 1.82) is 5.26 Å². The van der Waals surface area contributed by atoms with E-state index >= 15 is 0 Å². The Morgan fingerprint density at radius 3 is 2.46 bits per heavy atom. The summed E-state index contributed by atoms with van der Waals surface area (Å²) in [5.74, 6) is 0.438. The molecule has 0 fully saturated rings. The van der Waals surface area contributed by atoms with Gasteiger partial charge >= 0.3 is 0 Å². The maximum atomic E-state index is 12.5. The predicted molar refractivity (Wildman–Crippen MR) is 90.9 cm³/mol. The molecule has 0 saturated heterocycles. The topological polar surface area (TPSA) is 82.3 Å². The molecule has 24 heavy (non-hydrogen) atoms. The summed E-state index contributed by atoms with van der Waals surface area (Å²) in [6.07, 6.45) is 0. The standard InChI is InChI=1S/C19H20N2O3/c1-13(12-22)14(2)21-19(23)16-8-4-6-10-18(16)24-17-9-5-3-7-15(17)11-20/h3-10,13-14,22H,12H2,1-2H3,(H,21,23)/t13-,14-/m0/s1. The van der Waals surface area contributed by atoms with Crippen LogP contribution in [0.1, 0.15) is 29.8 Å². The van der Waals surface area contributed by atoms with Crippen LogP contribution in [0.2, 0.25) is 0 Å². The molecule has 0 unspecified atom stereocenters. The second-order valence-electron chi connectivity index (χ2n) is 5.63. The number of carbonyl (C=O) groups is 1. The van der Waals surface area contributed by atoms with Crippen molar-refractivity contribution in [3.05, 3.63) is 59.7 Å². The number of para-hydroxylation sites is 2. The SMILES string of the molecule is C[C@H](NC(=O)c1ccccc1Oc1ccccc1C#N)[C@@H](C)CO. The van der Waals surface area contributed by atoms with Crippen molar-refractivity contribution in [2.24, 2.45) is 5.92 Å². The molecule has 0 aliphatic carbocycles. The van der Waals surface area contributed by atoms with Crippen LogP contribution in [0, 0.1) is 17.2 Å². The third-order valence-electron chi connectivity index (χ3n) is 3.86. The Kier molecular flexibility index (Phi) is 5.94. The van der Waals surface area contributed by atoms with Gasteiger partial charge in [-0.05, 0) is 37.1 Å². The lowest BCUT2D eigenvalue weighted by molar-refractivity contribution is 0.0914. The van der Waals surface area contributed by atoms with E-state index in [1.54, 1.807) is 48.5 Å². The van der Waals surface area contributed by atoms with Crippen molar-refractivity contribution in [2.45, 2.75) is 19.9 Å². The van der Waals surface area contributed by atoms with Gasteiger partial charge in [0.05, 0.1) is 11.1 Å². The summed E-state index contributed by atoms with van der Waals surface area (Å²) in [5.41, 5.74) is 0.775. The normalized spacial score (nSPS) is 12.8. The van der Waals surface area contributed by atoms with Crippen LogP contribution < -0.4 is 10.1 Å². The van der Waals surface area contributed by atoms with Gasteiger partial charge in [0.15, 0.2) is 0 Å². The first kappa shape index (κ1) is 17.5. The van der Waals surface area contributed by atoms with Crippen LogP contribution in [0.5, 0.6) is 11.5 Å². The van der Waals surface area contributed by atoms with Gasteiger partial charge in [-0.25, -0.2) is 0 Å². The molecule has 0 spiro atoms. The highest BCUT2D eigenvalue weighted by Gasteiger charge is 2.18. The zero-order valence-electron chi connectivity index (χ0n) is 13.7. The Labute approximate surface area is 141 Å². The van der Waals surface area contributed by atoms with Crippen molar-refractivity contribution >= 4 is 5.91 Å². The number of hydrogen-bond acceptors (Lipinski definition) is 4. The second-order valence-corrected chi connectivity index (χ2v) is 5.63. The lowest BCUT2D eigenvalue weighted by atomic mass is 10.0. The zero-order chi connectivity index (χ0) is 17.5. The van der Waals surface area contributed by atoms with E-state index in [4.69, 9.17) is 10.00 Å². The van der Waals surface area contributed by atoms with Crippen LogP contribution in [-0.4, -0.2) is 23.7 Å². The van der Waals surface area contributed by atoms with Gasteiger partial charge in [-0.3, -0.25) is 4.79 Å². The number of rotatable bonds is 6. The van der Waals surface area contributed by atoms with Crippen LogP contribution in [0.3, 0.4) is 0 Å². The van der Waals surface area contributed by atoms with Crippen LogP contribution >= 0.6 is 0 Å². The van der Waals surface area contributed by atoms with Crippen molar-refractivity contribution in [3.8, 4) is 17.6 Å². The van der Waals surface area contributed by atoms with Crippen LogP contribution in [0.15, 0.2) is 48.5 Å². The maximum absolute atomic E-state index is 12.5. The Bertz CT molecular complexity index is 752. The van der Waals surface area contributed by atoms with Crippen LogP contribution in [-0.2, 0) is 0 Å². The average Bonchev–Trinajstić information content (AvgIpc) is 2.61. The fourth-order valence-electron chi connectivity index (χ4n) is 2.09. The number of nitrogens with one attached hydrogen (secondary N) is 1. The molecule has 2 N–H and O–H groups in total. The quantitative estimate of drug-likeness (QED) is 0.855. The molecule has 0 radical (unpaired) electrons. The van der Waals surface area contributed by atoms with Gasteiger partial charge in [-0.15, -0.1) is 0 Å². The van der Waals surface area contributed by atoms with Crippen LogP contribution in [0.4, 0.5) is 0 Å². The van der Waals surface area contributed by atoms with Crippen molar-refractivity contribution in [3.63, 3.8) is 0 Å². The van der Waals surface area contributed by atoms with Gasteiger partial charge in [0.25, 0.3) is 5.91 Å². The molecule has 0 aliphatic rings. The maximum Gasteiger partial charge on any atom is 0.255 e. The van der Waals surface area contributed by atoms with E-state index in [2.05, 4.69) is 11.4 Å². The largest absolute Gasteiger partial charge is 0.455 e. The van der Waals surface area contributed by atoms with Crippen molar-refractivity contribution in [2.75, 3.05) is 6.61 Å². The number of aliphatic hydroxyl groups is 1. The molecular weight excluding hydrogens is 304 g/mol. The molecule has 124 valence electrons. The molecule has 2 aromatic rings. The highest BCUT2D eigenvalue weighted by Crippen LogP contribution is 2.27. The van der Waals surface area contributed by atoms with Crippen molar-refractivity contribution in [1.82, 2.24) is 5.32 Å². The minimum atomic E-state index is -0.284. The number of aliphatic hydroxyl groups excluding tert-OH is 1. The molecule has 0 aromatic heterocycles. The van der Waals surface area contributed by atoms with Gasteiger partial charge in [0, 0.05) is 12.6 Å². The first-order valence-electron chi connectivity index (χ1n) is 7.74. The summed E-state index contributed by atoms with van der Waals surface area (Å²) < 4.78 is 5.79. The van der Waals surface area contributed by atoms with Gasteiger partial charge in [0.2, 0.25) is 0 Å². The number of hydrogen-bond donors (Lipinski definition) is 2. The molecule has 5 heteroatoms. The van der Waals surface area contributed by atoms with Gasteiger partial charge < -0.3 is 15.2 Å². The fourth-order valence-corrected chi connectivity index (χ4v) is 2.09. The lowest BCUT2D eigenvalue weighted by Gasteiger charge is -2.20. The molecule has 0 saturated carbocycles. The van der Waals surface area contributed by atoms with E-state index < -0.39 is 0 Å². The number of benzene rings is 2. The van der Waals surface area contributed by atoms with E-state index in [1.165, 1.54) is 0 Å². The van der Waals surface area contributed by atoms with Crippen molar-refractivity contribution < 1.29 is 14.6 Å². The van der Waals surface area contributed by atoms with Gasteiger partial charge in [-0.2, -0.15) is 5.26 Å². The van der Waals surface area contributed by atoms with E-state index in [1.807, 2.05) is 13.8 Å². The summed E-state index contributed by atoms with van der Waals surface area (Å²) in [4.78, 5) is 12.5. The molecule has 0 bridgehead atoms. The molecule has 2 rings (SSSR count). The van der Waals surface area contributed by atoms with E-state index in [0.29, 0.717) is 22.6 Å². The Hall–Kier alpha value is -2.84. The summed E-state index contributed by atoms with van der Waals surface area (Å²) in [6, 6.07) is 15.6. The molecule has 0 aliphatic heterocycles. The number of nitriles is 1. The fraction of sp³-hybridized carbons (Fsp3) is 0.263. The number of nitrogens with zero attached hydrogens (tertiary/aromatic N) is 1. The predicted octanol–water partition coefficient (Wildman–Crippen LogP) is 3.10. The number of amides is 1. The Morgan fingerprint density at radius 1 is 1.17 bits per heavy atom. The number of carbonyl (C=O) groups excluding carboxylic acids is 1. The summed E-state index contributed by atoms with van der Waals surface area (Å²) >= 11 is 0. The summed E-state index contributed by atoms with van der Waals surface area (Å²) in [6.45, 7) is 3.69. The van der Waals surface area contributed by atoms with E-state index in [-0.39, 0.29) is 24.5 Å². The first-order chi connectivity index (χ1) is 11.6. The highest BCUT2D eigenvalue weighted by molar-refractivity contribution is 5.97. The summed E-state index contributed by atoms with van der Waals surface area (Å²) in [7, 11) is 0. The minimum absolute atomic E-state index is 0.00482. The van der Waals surface area contributed by atoms with Crippen LogP contribution in [0.25, 0.3) is 0 Å². The first-order valence-corrected chi connectivity index (χ1v) is 7.74. The highest BCUT2D eigenvalue weighted by atomic mass is 16.5. The van der Waals surface area contributed by atoms with E-state index in [0.717, 1.165) is 0 Å². The minimum Gasteiger partial charge on any atom is -0.455 e. The molecular formula is C19H20N2O3. The second kappa shape index (κ2) is 8.14. The Balaban J connectivity index is 2.24. The molecule has 1 amide bonds. The molecule has 2 aromatic carbocycles. The molecule has 5 nitrogen and oxygen atoms in total. The Morgan fingerprint density at radius 2 is 1.79 bits per heavy atom. The molecule has 2 atom stereocenters. The molecule has 0 heterocycles. The smallest absolute Gasteiger partial charge is 0.255 e. The monoisotopic (exact) mass is 324 g/mol. The third-order valence-corrected chi connectivity index (χ3v) is 3.86. The van der Waals surface area contributed by atoms with Gasteiger partial charge in [-0.1, -0.05) is 31.2 Å². The lowest BCUT2D eigenvalue weighted by Crippen LogP contribution is -2.38. The number of ether oxygens (including phenoxy) is 1. The summed E-state index contributed by atoms with van der Waals surface area (Å²) in [5, 5.41) is 21.2.